The molecule has 0 bridgehead atoms. The zero-order valence-corrected chi connectivity index (χ0v) is 14.5. The van der Waals surface area contributed by atoms with Gasteiger partial charge in [-0.3, -0.25) is 14.5 Å². The molecule has 0 radical (unpaired) electrons. The third-order valence-electron chi connectivity index (χ3n) is 4.37. The van der Waals surface area contributed by atoms with E-state index in [1.807, 2.05) is 13.8 Å². The van der Waals surface area contributed by atoms with Crippen molar-refractivity contribution in [3.8, 4) is 0 Å². The molecule has 0 atom stereocenters. The molecule has 1 aromatic rings. The molecule has 9 nitrogen and oxygen atoms in total. The second-order valence-electron chi connectivity index (χ2n) is 6.77. The fourth-order valence-electron chi connectivity index (χ4n) is 3.08. The molecule has 3 rings (SSSR count). The van der Waals surface area contributed by atoms with Crippen molar-refractivity contribution in [1.29, 1.82) is 0 Å². The second kappa shape index (κ2) is 7.14. The van der Waals surface area contributed by atoms with Crippen LogP contribution in [-0.2, 0) is 9.59 Å². The summed E-state index contributed by atoms with van der Waals surface area (Å²) in [6.07, 6.45) is 3.41. The average Bonchev–Trinajstić information content (AvgIpc) is 2.81. The first kappa shape index (κ1) is 17.3. The maximum Gasteiger partial charge on any atom is 0.338 e. The van der Waals surface area contributed by atoms with Crippen LogP contribution in [0.2, 0.25) is 0 Å². The number of nitrogens with one attached hydrogen (secondary N) is 1. The van der Waals surface area contributed by atoms with E-state index in [-0.39, 0.29) is 19.1 Å². The summed E-state index contributed by atoms with van der Waals surface area (Å²) in [5.74, 6) is -0.614. The van der Waals surface area contributed by atoms with Gasteiger partial charge in [0.1, 0.15) is 0 Å². The van der Waals surface area contributed by atoms with E-state index in [1.54, 1.807) is 18.5 Å². The van der Waals surface area contributed by atoms with Crippen LogP contribution in [0.4, 0.5) is 10.7 Å². The van der Waals surface area contributed by atoms with Crippen molar-refractivity contribution in [1.82, 2.24) is 19.8 Å². The van der Waals surface area contributed by atoms with E-state index in [9.17, 15) is 14.4 Å². The highest BCUT2D eigenvalue weighted by atomic mass is 16.2. The highest BCUT2D eigenvalue weighted by Crippen LogP contribution is 2.13. The molecule has 1 aromatic heterocycles. The first-order valence-electron chi connectivity index (χ1n) is 8.50. The number of imide groups is 2. The van der Waals surface area contributed by atoms with Gasteiger partial charge in [0.15, 0.2) is 6.67 Å². The van der Waals surface area contributed by atoms with Crippen LogP contribution in [-0.4, -0.2) is 77.0 Å². The molecule has 2 aliphatic rings. The Hall–Kier alpha value is -2.55. The highest BCUT2D eigenvalue weighted by molar-refractivity contribution is 6.44. The minimum atomic E-state index is -0.716. The van der Waals surface area contributed by atoms with E-state index in [0.29, 0.717) is 5.95 Å². The average molecular weight is 347 g/mol. The standard InChI is InChI=1S/C16H22N6O3/c1-12(2)10-21-13(23)14(24)22(16(21)25)11-19-6-8-20(9-7-19)15-17-4-3-5-18-15/h3-5,12H,6-11H2,1-2H3/p+1. The Labute approximate surface area is 146 Å². The maximum atomic E-state index is 12.4. The summed E-state index contributed by atoms with van der Waals surface area (Å²) in [4.78, 5) is 50.3. The van der Waals surface area contributed by atoms with Crippen molar-refractivity contribution in [2.75, 3.05) is 44.3 Å². The zero-order valence-electron chi connectivity index (χ0n) is 14.5. The van der Waals surface area contributed by atoms with Gasteiger partial charge in [-0.15, -0.1) is 0 Å². The van der Waals surface area contributed by atoms with Gasteiger partial charge >= 0.3 is 17.8 Å². The fraction of sp³-hybridized carbons (Fsp3) is 0.562. The molecular formula is C16H23N6O3+. The van der Waals surface area contributed by atoms with E-state index in [2.05, 4.69) is 14.9 Å². The molecule has 1 N–H and O–H groups in total. The summed E-state index contributed by atoms with van der Waals surface area (Å²) in [5, 5.41) is 0. The molecule has 25 heavy (non-hydrogen) atoms. The molecule has 0 aliphatic carbocycles. The van der Waals surface area contributed by atoms with Crippen LogP contribution in [0.3, 0.4) is 0 Å². The van der Waals surface area contributed by atoms with Crippen molar-refractivity contribution in [3.05, 3.63) is 18.5 Å². The molecule has 3 heterocycles. The summed E-state index contributed by atoms with van der Waals surface area (Å²) in [6.45, 7) is 7.27. The van der Waals surface area contributed by atoms with Gasteiger partial charge in [-0.05, 0) is 12.0 Å². The molecule has 0 unspecified atom stereocenters. The van der Waals surface area contributed by atoms with Crippen LogP contribution >= 0.6 is 0 Å². The van der Waals surface area contributed by atoms with Crippen molar-refractivity contribution < 1.29 is 19.3 Å². The first-order valence-corrected chi connectivity index (χ1v) is 8.50. The molecule has 2 fully saturated rings. The number of hydrogen-bond donors (Lipinski definition) is 1. The van der Waals surface area contributed by atoms with Crippen molar-refractivity contribution in [2.24, 2.45) is 5.92 Å². The van der Waals surface area contributed by atoms with E-state index in [1.165, 1.54) is 0 Å². The molecule has 134 valence electrons. The minimum Gasteiger partial charge on any atom is -0.330 e. The lowest BCUT2D eigenvalue weighted by atomic mass is 10.2. The van der Waals surface area contributed by atoms with Crippen LogP contribution in [0, 0.1) is 5.92 Å². The normalized spacial score (nSPS) is 19.5. The van der Waals surface area contributed by atoms with Gasteiger partial charge in [-0.1, -0.05) is 13.8 Å². The van der Waals surface area contributed by atoms with Crippen molar-refractivity contribution in [2.45, 2.75) is 13.8 Å². The van der Waals surface area contributed by atoms with Crippen molar-refractivity contribution in [3.63, 3.8) is 0 Å². The predicted molar refractivity (Wildman–Crippen MR) is 88.6 cm³/mol. The number of hydrogen-bond acceptors (Lipinski definition) is 6. The van der Waals surface area contributed by atoms with Gasteiger partial charge in [0.05, 0.1) is 26.2 Å². The predicted octanol–water partition coefficient (Wildman–Crippen LogP) is -1.41. The Balaban J connectivity index is 1.58. The Morgan fingerprint density at radius 1 is 1.04 bits per heavy atom. The van der Waals surface area contributed by atoms with Gasteiger partial charge in [0.25, 0.3) is 0 Å². The molecule has 0 aromatic carbocycles. The van der Waals surface area contributed by atoms with Crippen LogP contribution in [0.25, 0.3) is 0 Å². The third kappa shape index (κ3) is 3.60. The van der Waals surface area contributed by atoms with E-state index >= 15 is 0 Å². The number of carbonyl (C=O) groups is 3. The van der Waals surface area contributed by atoms with Gasteiger partial charge < -0.3 is 9.80 Å². The van der Waals surface area contributed by atoms with Crippen LogP contribution in [0.5, 0.6) is 0 Å². The molecule has 2 aliphatic heterocycles. The Bertz CT molecular complexity index is 657. The van der Waals surface area contributed by atoms with E-state index < -0.39 is 17.8 Å². The minimum absolute atomic E-state index is 0.127. The second-order valence-corrected chi connectivity index (χ2v) is 6.77. The number of quaternary nitrogens is 1. The number of anilines is 1. The monoisotopic (exact) mass is 347 g/mol. The maximum absolute atomic E-state index is 12.4. The van der Waals surface area contributed by atoms with Gasteiger partial charge in [-0.2, -0.15) is 0 Å². The SMILES string of the molecule is CC(C)CN1C(=O)C(=O)N(C[NH+]2CCN(c3ncccn3)CC2)C1=O. The number of aromatic nitrogens is 2. The number of amides is 4. The third-order valence-corrected chi connectivity index (χ3v) is 4.37. The van der Waals surface area contributed by atoms with Crippen LogP contribution in [0.15, 0.2) is 18.5 Å². The molecule has 4 amide bonds. The summed E-state index contributed by atoms with van der Waals surface area (Å²) in [6, 6.07) is 1.28. The summed E-state index contributed by atoms with van der Waals surface area (Å²) in [5.41, 5.74) is 0. The molecule has 9 heteroatoms. The quantitative estimate of drug-likeness (QED) is 0.520. The Morgan fingerprint density at radius 2 is 1.64 bits per heavy atom. The summed E-state index contributed by atoms with van der Waals surface area (Å²) in [7, 11) is 0. The first-order chi connectivity index (χ1) is 12.0. The topological polar surface area (TPSA) is 91.2 Å². The summed E-state index contributed by atoms with van der Waals surface area (Å²) >= 11 is 0. The van der Waals surface area contributed by atoms with E-state index in [4.69, 9.17) is 0 Å². The van der Waals surface area contributed by atoms with Gasteiger partial charge in [0.2, 0.25) is 5.95 Å². The lowest BCUT2D eigenvalue weighted by Crippen LogP contribution is -3.16. The number of urea groups is 1. The fourth-order valence-corrected chi connectivity index (χ4v) is 3.08. The zero-order chi connectivity index (χ0) is 18.0. The number of rotatable bonds is 5. The molecular weight excluding hydrogens is 324 g/mol. The number of piperazine rings is 1. The molecule has 0 saturated carbocycles. The number of nitrogens with zero attached hydrogens (tertiary/aromatic N) is 5. The Morgan fingerprint density at radius 3 is 2.24 bits per heavy atom. The van der Waals surface area contributed by atoms with Gasteiger partial charge in [0, 0.05) is 18.9 Å². The largest absolute Gasteiger partial charge is 0.338 e. The molecule has 0 spiro atoms. The lowest BCUT2D eigenvalue weighted by Gasteiger charge is -2.33. The smallest absolute Gasteiger partial charge is 0.330 e. The summed E-state index contributed by atoms with van der Waals surface area (Å²) < 4.78 is 0. The molecule has 2 saturated heterocycles. The van der Waals surface area contributed by atoms with Crippen molar-refractivity contribution >= 4 is 23.8 Å². The lowest BCUT2D eigenvalue weighted by molar-refractivity contribution is -0.907. The van der Waals surface area contributed by atoms with Crippen LogP contribution < -0.4 is 9.80 Å². The van der Waals surface area contributed by atoms with Gasteiger partial charge in [-0.25, -0.2) is 19.7 Å². The highest BCUT2D eigenvalue weighted by Gasteiger charge is 2.46. The van der Waals surface area contributed by atoms with Crippen LogP contribution in [0.1, 0.15) is 13.8 Å². The van der Waals surface area contributed by atoms with E-state index in [0.717, 1.165) is 40.9 Å². The number of carbonyl (C=O) groups excluding carboxylic acids is 3. The Kier molecular flexibility index (Phi) is 4.93.